The molecule has 136 valence electrons. The molecular formula is C18H27N5OS. The van der Waals surface area contributed by atoms with Gasteiger partial charge >= 0.3 is 0 Å². The van der Waals surface area contributed by atoms with Crippen LogP contribution in [-0.4, -0.2) is 57.5 Å². The van der Waals surface area contributed by atoms with E-state index >= 15 is 0 Å². The van der Waals surface area contributed by atoms with Crippen LogP contribution in [0, 0.1) is 0 Å². The molecule has 2 aromatic rings. The van der Waals surface area contributed by atoms with Gasteiger partial charge < -0.3 is 14.8 Å². The number of amides is 1. The maximum Gasteiger partial charge on any atom is 0.220 e. The summed E-state index contributed by atoms with van der Waals surface area (Å²) < 4.78 is 1.97. The van der Waals surface area contributed by atoms with Gasteiger partial charge in [0.1, 0.15) is 0 Å². The number of thioether (sulfide) groups is 1. The molecule has 1 amide bonds. The van der Waals surface area contributed by atoms with Crippen molar-refractivity contribution >= 4 is 17.7 Å². The minimum absolute atomic E-state index is 0.0586. The molecular weight excluding hydrogens is 334 g/mol. The highest BCUT2D eigenvalue weighted by molar-refractivity contribution is 7.99. The summed E-state index contributed by atoms with van der Waals surface area (Å²) in [5.74, 6) is 1.57. The monoisotopic (exact) mass is 361 g/mol. The lowest BCUT2D eigenvalue weighted by atomic mass is 10.0. The average molecular weight is 362 g/mol. The van der Waals surface area contributed by atoms with Gasteiger partial charge in [0, 0.05) is 36.9 Å². The van der Waals surface area contributed by atoms with Crippen LogP contribution in [0.4, 0.5) is 0 Å². The predicted octanol–water partition coefficient (Wildman–Crippen LogP) is 2.42. The van der Waals surface area contributed by atoms with Gasteiger partial charge in [0.15, 0.2) is 11.0 Å². The Morgan fingerprint density at radius 1 is 1.24 bits per heavy atom. The van der Waals surface area contributed by atoms with E-state index in [-0.39, 0.29) is 11.4 Å². The molecule has 1 aromatic carbocycles. The molecule has 2 rings (SSSR count). The van der Waals surface area contributed by atoms with Crippen molar-refractivity contribution in [1.29, 1.82) is 0 Å². The topological polar surface area (TPSA) is 63.1 Å². The summed E-state index contributed by atoms with van der Waals surface area (Å²) in [6, 6.07) is 9.97. The van der Waals surface area contributed by atoms with Crippen LogP contribution in [0.15, 0.2) is 35.5 Å². The van der Waals surface area contributed by atoms with Crippen LogP contribution >= 0.6 is 11.8 Å². The van der Waals surface area contributed by atoms with E-state index in [4.69, 9.17) is 0 Å². The Kier molecular flexibility index (Phi) is 6.61. The van der Waals surface area contributed by atoms with Gasteiger partial charge in [-0.2, -0.15) is 0 Å². The third-order valence-electron chi connectivity index (χ3n) is 4.36. The van der Waals surface area contributed by atoms with E-state index in [1.807, 2.05) is 56.0 Å². The van der Waals surface area contributed by atoms with Crippen LogP contribution < -0.4 is 5.32 Å². The molecule has 0 saturated heterocycles. The van der Waals surface area contributed by atoms with Gasteiger partial charge in [-0.05, 0) is 27.9 Å². The zero-order chi connectivity index (χ0) is 18.4. The van der Waals surface area contributed by atoms with Gasteiger partial charge in [0.05, 0.1) is 0 Å². The Morgan fingerprint density at radius 3 is 2.56 bits per heavy atom. The minimum Gasteiger partial charge on any atom is -0.354 e. The van der Waals surface area contributed by atoms with Crippen LogP contribution in [0.3, 0.4) is 0 Å². The summed E-state index contributed by atoms with van der Waals surface area (Å²) in [6.45, 7) is 4.84. The predicted molar refractivity (Wildman–Crippen MR) is 103 cm³/mol. The quantitative estimate of drug-likeness (QED) is 0.732. The first-order valence-electron chi connectivity index (χ1n) is 8.33. The number of nitrogens with zero attached hydrogens (tertiary/aromatic N) is 4. The summed E-state index contributed by atoms with van der Waals surface area (Å²) in [7, 11) is 5.98. The largest absolute Gasteiger partial charge is 0.354 e. The molecule has 0 radical (unpaired) electrons. The van der Waals surface area contributed by atoms with E-state index in [1.54, 1.807) is 11.8 Å². The van der Waals surface area contributed by atoms with Crippen LogP contribution in [-0.2, 0) is 11.8 Å². The van der Waals surface area contributed by atoms with Gasteiger partial charge in [-0.25, -0.2) is 0 Å². The third kappa shape index (κ3) is 5.31. The molecule has 1 heterocycles. The highest BCUT2D eigenvalue weighted by Gasteiger charge is 2.21. The molecule has 7 heteroatoms. The second-order valence-electron chi connectivity index (χ2n) is 6.81. The van der Waals surface area contributed by atoms with Crippen molar-refractivity contribution in [3.63, 3.8) is 0 Å². The number of rotatable bonds is 8. The molecule has 0 aliphatic carbocycles. The Morgan fingerprint density at radius 2 is 1.92 bits per heavy atom. The van der Waals surface area contributed by atoms with Crippen LogP contribution in [0.1, 0.15) is 20.3 Å². The first-order chi connectivity index (χ1) is 11.8. The van der Waals surface area contributed by atoms with Crippen LogP contribution in [0.2, 0.25) is 0 Å². The summed E-state index contributed by atoms with van der Waals surface area (Å²) in [6.07, 6.45) is 0.460. The molecule has 0 spiro atoms. The number of likely N-dealkylation sites (N-methyl/N-ethyl adjacent to an activating group) is 1. The molecule has 0 unspecified atom stereocenters. The standard InChI is InChI=1S/C18H27N5OS/c1-18(2,22(3)4)13-19-15(24)11-12-25-17-21-20-16(23(17)5)14-9-7-6-8-10-14/h6-10H,11-13H2,1-5H3,(H,19,24). The zero-order valence-corrected chi connectivity index (χ0v) is 16.4. The molecule has 0 aliphatic rings. The van der Waals surface area contributed by atoms with Gasteiger partial charge in [-0.1, -0.05) is 42.1 Å². The molecule has 6 nitrogen and oxygen atoms in total. The maximum atomic E-state index is 12.0. The number of carbonyl (C=O) groups excluding carboxylic acids is 1. The van der Waals surface area contributed by atoms with Crippen molar-refractivity contribution in [2.24, 2.45) is 7.05 Å². The number of benzene rings is 1. The smallest absolute Gasteiger partial charge is 0.220 e. The normalized spacial score (nSPS) is 11.8. The van der Waals surface area contributed by atoms with E-state index in [9.17, 15) is 4.79 Å². The second-order valence-corrected chi connectivity index (χ2v) is 7.88. The molecule has 0 atom stereocenters. The molecule has 0 fully saturated rings. The highest BCUT2D eigenvalue weighted by atomic mass is 32.2. The first-order valence-corrected chi connectivity index (χ1v) is 9.31. The summed E-state index contributed by atoms with van der Waals surface area (Å²) >= 11 is 1.55. The number of carbonyl (C=O) groups is 1. The lowest BCUT2D eigenvalue weighted by Gasteiger charge is -2.32. The summed E-state index contributed by atoms with van der Waals surface area (Å²) in [5.41, 5.74) is 0.977. The summed E-state index contributed by atoms with van der Waals surface area (Å²) in [5, 5.41) is 12.3. The Balaban J connectivity index is 1.83. The molecule has 25 heavy (non-hydrogen) atoms. The van der Waals surface area contributed by atoms with Crippen molar-refractivity contribution < 1.29 is 4.79 Å². The fourth-order valence-corrected chi connectivity index (χ4v) is 2.92. The average Bonchev–Trinajstić information content (AvgIpc) is 2.95. The number of aromatic nitrogens is 3. The Hall–Kier alpha value is -1.86. The minimum atomic E-state index is -0.0586. The first kappa shape index (κ1) is 19.5. The molecule has 1 aromatic heterocycles. The molecule has 0 aliphatic heterocycles. The second kappa shape index (κ2) is 8.49. The van der Waals surface area contributed by atoms with Gasteiger partial charge in [-0.15, -0.1) is 10.2 Å². The van der Waals surface area contributed by atoms with Gasteiger partial charge in [0.2, 0.25) is 5.91 Å². The van der Waals surface area contributed by atoms with Crippen LogP contribution in [0.5, 0.6) is 0 Å². The number of hydrogen-bond acceptors (Lipinski definition) is 5. The fraction of sp³-hybridized carbons (Fsp3) is 0.500. The summed E-state index contributed by atoms with van der Waals surface area (Å²) in [4.78, 5) is 14.1. The fourth-order valence-electron chi connectivity index (χ4n) is 2.08. The molecule has 1 N–H and O–H groups in total. The lowest BCUT2D eigenvalue weighted by Crippen LogP contribution is -2.48. The van der Waals surface area contributed by atoms with E-state index in [0.717, 1.165) is 16.5 Å². The van der Waals surface area contributed by atoms with Crippen molar-refractivity contribution in [3.8, 4) is 11.4 Å². The van der Waals surface area contributed by atoms with Crippen molar-refractivity contribution in [3.05, 3.63) is 30.3 Å². The maximum absolute atomic E-state index is 12.0. The Bertz CT molecular complexity index is 697. The van der Waals surface area contributed by atoms with Crippen molar-refractivity contribution in [1.82, 2.24) is 25.0 Å². The van der Waals surface area contributed by atoms with Crippen LogP contribution in [0.25, 0.3) is 11.4 Å². The van der Waals surface area contributed by atoms with E-state index in [0.29, 0.717) is 18.7 Å². The van der Waals surface area contributed by atoms with Gasteiger partial charge in [-0.3, -0.25) is 4.79 Å². The SMILES string of the molecule is CN(C)C(C)(C)CNC(=O)CCSc1nnc(-c2ccccc2)n1C. The van der Waals surface area contributed by atoms with E-state index in [1.165, 1.54) is 0 Å². The third-order valence-corrected chi connectivity index (χ3v) is 5.38. The van der Waals surface area contributed by atoms with Gasteiger partial charge in [0.25, 0.3) is 0 Å². The Labute approximate surface area is 154 Å². The van der Waals surface area contributed by atoms with E-state index < -0.39 is 0 Å². The lowest BCUT2D eigenvalue weighted by molar-refractivity contribution is -0.121. The molecule has 0 saturated carbocycles. The van der Waals surface area contributed by atoms with E-state index in [2.05, 4.69) is 34.3 Å². The zero-order valence-electron chi connectivity index (χ0n) is 15.6. The van der Waals surface area contributed by atoms with Crippen molar-refractivity contribution in [2.45, 2.75) is 31.0 Å². The number of nitrogens with one attached hydrogen (secondary N) is 1. The molecule has 0 bridgehead atoms. The highest BCUT2D eigenvalue weighted by Crippen LogP contribution is 2.22. The number of hydrogen-bond donors (Lipinski definition) is 1. The van der Waals surface area contributed by atoms with Crippen molar-refractivity contribution in [2.75, 3.05) is 26.4 Å².